The van der Waals surface area contributed by atoms with E-state index >= 15 is 0 Å². The van der Waals surface area contributed by atoms with E-state index in [2.05, 4.69) is 31.4 Å². The van der Waals surface area contributed by atoms with Crippen molar-refractivity contribution in [3.05, 3.63) is 34.9 Å². The second-order valence-corrected chi connectivity index (χ2v) is 5.86. The van der Waals surface area contributed by atoms with Gasteiger partial charge in [0.2, 0.25) is 5.91 Å². The van der Waals surface area contributed by atoms with Gasteiger partial charge in [0.05, 0.1) is 6.04 Å². The minimum atomic E-state index is -0.216. The summed E-state index contributed by atoms with van der Waals surface area (Å²) in [5.41, 5.74) is 1.16. The van der Waals surface area contributed by atoms with E-state index in [1.54, 1.807) is 0 Å². The van der Waals surface area contributed by atoms with Gasteiger partial charge >= 0.3 is 0 Å². The van der Waals surface area contributed by atoms with Crippen molar-refractivity contribution in [2.24, 2.45) is 0 Å². The molecule has 21 heavy (non-hydrogen) atoms. The third-order valence-corrected chi connectivity index (χ3v) is 4.11. The van der Waals surface area contributed by atoms with Gasteiger partial charge in [-0.1, -0.05) is 44.5 Å². The molecule has 0 aliphatic carbocycles. The lowest BCUT2D eigenvalue weighted by molar-refractivity contribution is -0.123. The molecule has 1 aromatic carbocycles. The maximum Gasteiger partial charge on any atom is 0.237 e. The van der Waals surface area contributed by atoms with Crippen molar-refractivity contribution in [1.29, 1.82) is 0 Å². The van der Waals surface area contributed by atoms with Gasteiger partial charge in [0.25, 0.3) is 0 Å². The molecule has 0 saturated heterocycles. The first-order valence-electron chi connectivity index (χ1n) is 7.83. The largest absolute Gasteiger partial charge is 0.352 e. The summed E-state index contributed by atoms with van der Waals surface area (Å²) in [6.45, 7) is 8.21. The number of nitrogens with one attached hydrogen (secondary N) is 2. The zero-order chi connectivity index (χ0) is 15.8. The SMILES string of the molecule is CCC(CC)NC(=O)C(C)NC(CC)c1ccc(Cl)cc1. The van der Waals surface area contributed by atoms with Crippen molar-refractivity contribution in [3.63, 3.8) is 0 Å². The van der Waals surface area contributed by atoms with E-state index in [1.807, 2.05) is 31.2 Å². The quantitative estimate of drug-likeness (QED) is 0.760. The third-order valence-electron chi connectivity index (χ3n) is 3.86. The highest BCUT2D eigenvalue weighted by molar-refractivity contribution is 6.30. The molecule has 2 N–H and O–H groups in total. The number of carbonyl (C=O) groups excluding carboxylic acids is 1. The Kier molecular flexibility index (Phi) is 7.76. The Balaban J connectivity index is 2.63. The first-order chi connectivity index (χ1) is 10.0. The zero-order valence-corrected chi connectivity index (χ0v) is 14.2. The fourth-order valence-electron chi connectivity index (χ4n) is 2.34. The lowest BCUT2D eigenvalue weighted by Crippen LogP contribution is -2.46. The normalized spacial score (nSPS) is 14.0. The molecule has 0 bridgehead atoms. The predicted molar refractivity (Wildman–Crippen MR) is 89.6 cm³/mol. The molecule has 0 saturated carbocycles. The van der Waals surface area contributed by atoms with Gasteiger partial charge in [0, 0.05) is 17.1 Å². The van der Waals surface area contributed by atoms with Crippen molar-refractivity contribution in [2.45, 2.75) is 65.1 Å². The summed E-state index contributed by atoms with van der Waals surface area (Å²) in [5.74, 6) is 0.0658. The minimum Gasteiger partial charge on any atom is -0.352 e. The summed E-state index contributed by atoms with van der Waals surface area (Å²) in [6.07, 6.45) is 2.84. The molecular formula is C17H27ClN2O. The first-order valence-corrected chi connectivity index (χ1v) is 8.21. The topological polar surface area (TPSA) is 41.1 Å². The van der Waals surface area contributed by atoms with Crippen LogP contribution in [0.5, 0.6) is 0 Å². The van der Waals surface area contributed by atoms with Crippen molar-refractivity contribution in [3.8, 4) is 0 Å². The van der Waals surface area contributed by atoms with E-state index < -0.39 is 0 Å². The van der Waals surface area contributed by atoms with Gasteiger partial charge in [-0.2, -0.15) is 0 Å². The molecule has 3 nitrogen and oxygen atoms in total. The zero-order valence-electron chi connectivity index (χ0n) is 13.4. The van der Waals surface area contributed by atoms with Crippen LogP contribution in [0, 0.1) is 0 Å². The number of benzene rings is 1. The van der Waals surface area contributed by atoms with Crippen molar-refractivity contribution < 1.29 is 4.79 Å². The number of hydrogen-bond donors (Lipinski definition) is 2. The predicted octanol–water partition coefficient (Wildman–Crippen LogP) is 4.07. The molecule has 0 aromatic heterocycles. The first kappa shape index (κ1) is 18.0. The maximum absolute atomic E-state index is 12.2. The van der Waals surface area contributed by atoms with Crippen LogP contribution in [-0.4, -0.2) is 18.0 Å². The highest BCUT2D eigenvalue weighted by atomic mass is 35.5. The third kappa shape index (κ3) is 5.68. The van der Waals surface area contributed by atoms with Gasteiger partial charge in [0.1, 0.15) is 0 Å². The van der Waals surface area contributed by atoms with E-state index in [0.717, 1.165) is 29.8 Å². The molecule has 0 spiro atoms. The molecule has 0 aliphatic heterocycles. The van der Waals surface area contributed by atoms with E-state index in [-0.39, 0.29) is 24.0 Å². The second kappa shape index (κ2) is 9.06. The van der Waals surface area contributed by atoms with Crippen LogP contribution >= 0.6 is 11.6 Å². The number of amides is 1. The average Bonchev–Trinajstić information content (AvgIpc) is 2.50. The summed E-state index contributed by atoms with van der Waals surface area (Å²) >= 11 is 5.92. The molecule has 2 atom stereocenters. The molecule has 2 unspecified atom stereocenters. The van der Waals surface area contributed by atoms with Gasteiger partial charge in [-0.3, -0.25) is 10.1 Å². The Morgan fingerprint density at radius 2 is 1.67 bits per heavy atom. The molecule has 4 heteroatoms. The number of hydrogen-bond acceptors (Lipinski definition) is 2. The summed E-state index contributed by atoms with van der Waals surface area (Å²) in [4.78, 5) is 12.2. The smallest absolute Gasteiger partial charge is 0.237 e. The number of rotatable bonds is 8. The monoisotopic (exact) mass is 310 g/mol. The molecule has 0 aliphatic rings. The van der Waals surface area contributed by atoms with Crippen LogP contribution in [-0.2, 0) is 4.79 Å². The van der Waals surface area contributed by atoms with Crippen LogP contribution in [0.4, 0.5) is 0 Å². The van der Waals surface area contributed by atoms with Crippen LogP contribution in [0.1, 0.15) is 58.6 Å². The second-order valence-electron chi connectivity index (χ2n) is 5.42. The molecule has 1 amide bonds. The van der Waals surface area contributed by atoms with Crippen LogP contribution < -0.4 is 10.6 Å². The maximum atomic E-state index is 12.2. The van der Waals surface area contributed by atoms with E-state index in [0.29, 0.717) is 0 Å². The van der Waals surface area contributed by atoms with Crippen LogP contribution in [0.15, 0.2) is 24.3 Å². The molecule has 0 radical (unpaired) electrons. The molecule has 0 fully saturated rings. The van der Waals surface area contributed by atoms with Crippen molar-refractivity contribution >= 4 is 17.5 Å². The summed E-state index contributed by atoms with van der Waals surface area (Å²) < 4.78 is 0. The van der Waals surface area contributed by atoms with Gasteiger partial charge in [-0.05, 0) is 43.9 Å². The Bertz CT molecular complexity index is 429. The average molecular weight is 311 g/mol. The van der Waals surface area contributed by atoms with Crippen LogP contribution in [0.3, 0.4) is 0 Å². The van der Waals surface area contributed by atoms with Crippen LogP contribution in [0.25, 0.3) is 0 Å². The fourth-order valence-corrected chi connectivity index (χ4v) is 2.47. The summed E-state index contributed by atoms with van der Waals surface area (Å²) in [7, 11) is 0. The Morgan fingerprint density at radius 3 is 2.14 bits per heavy atom. The molecule has 0 heterocycles. The van der Waals surface area contributed by atoms with Gasteiger partial charge in [-0.15, -0.1) is 0 Å². The Hall–Kier alpha value is -1.06. The summed E-state index contributed by atoms with van der Waals surface area (Å²) in [6, 6.07) is 7.99. The lowest BCUT2D eigenvalue weighted by atomic mass is 10.0. The standard InChI is InChI=1S/C17H27ClN2O/c1-5-15(6-2)20-17(21)12(4)19-16(7-3)13-8-10-14(18)11-9-13/h8-12,15-16,19H,5-7H2,1-4H3,(H,20,21). The van der Waals surface area contributed by atoms with Crippen LogP contribution in [0.2, 0.25) is 5.02 Å². The Morgan fingerprint density at radius 1 is 1.10 bits per heavy atom. The van der Waals surface area contributed by atoms with Crippen molar-refractivity contribution in [2.75, 3.05) is 0 Å². The van der Waals surface area contributed by atoms with Gasteiger partial charge in [-0.25, -0.2) is 0 Å². The number of halogens is 1. The summed E-state index contributed by atoms with van der Waals surface area (Å²) in [5, 5.41) is 7.21. The Labute approximate surface area is 133 Å². The van der Waals surface area contributed by atoms with Crippen molar-refractivity contribution in [1.82, 2.24) is 10.6 Å². The highest BCUT2D eigenvalue weighted by Gasteiger charge is 2.19. The van der Waals surface area contributed by atoms with Gasteiger partial charge < -0.3 is 5.32 Å². The minimum absolute atomic E-state index is 0.0658. The molecule has 118 valence electrons. The van der Waals surface area contributed by atoms with Gasteiger partial charge in [0.15, 0.2) is 0 Å². The molecule has 1 aromatic rings. The number of carbonyl (C=O) groups is 1. The van der Waals surface area contributed by atoms with E-state index in [1.165, 1.54) is 0 Å². The fraction of sp³-hybridized carbons (Fsp3) is 0.588. The molecular weight excluding hydrogens is 284 g/mol. The van der Waals surface area contributed by atoms with E-state index in [4.69, 9.17) is 11.6 Å². The lowest BCUT2D eigenvalue weighted by Gasteiger charge is -2.24. The highest BCUT2D eigenvalue weighted by Crippen LogP contribution is 2.19. The molecule has 1 rings (SSSR count). The van der Waals surface area contributed by atoms with E-state index in [9.17, 15) is 4.79 Å².